The van der Waals surface area contributed by atoms with Crippen LogP contribution in [0.4, 0.5) is 0 Å². The van der Waals surface area contributed by atoms with Gasteiger partial charge in [0.2, 0.25) is 11.8 Å². The monoisotopic (exact) mass is 282 g/mol. The number of likely N-dealkylation sites (tertiary alicyclic amines) is 1. The van der Waals surface area contributed by atoms with E-state index >= 15 is 0 Å². The minimum atomic E-state index is -0.277. The number of hydrogen-bond acceptors (Lipinski definition) is 4. The van der Waals surface area contributed by atoms with E-state index in [1.54, 1.807) is 24.3 Å². The zero-order chi connectivity index (χ0) is 15.0. The van der Waals surface area contributed by atoms with Crippen molar-refractivity contribution >= 4 is 17.6 Å². The van der Waals surface area contributed by atoms with Gasteiger partial charge < -0.3 is 0 Å². The third-order valence-electron chi connectivity index (χ3n) is 4.32. The summed E-state index contributed by atoms with van der Waals surface area (Å²) >= 11 is 0. The molecule has 1 aromatic rings. The third kappa shape index (κ3) is 2.23. The lowest BCUT2D eigenvalue weighted by Crippen LogP contribution is -2.36. The van der Waals surface area contributed by atoms with Crippen molar-refractivity contribution in [2.75, 3.05) is 6.54 Å². The topological polar surface area (TPSA) is 78.2 Å². The van der Waals surface area contributed by atoms with E-state index in [0.717, 1.165) is 24.2 Å². The smallest absolute Gasteiger partial charge is 0.233 e. The first kappa shape index (κ1) is 13.5. The number of rotatable bonds is 3. The van der Waals surface area contributed by atoms with Crippen molar-refractivity contribution in [2.24, 2.45) is 11.8 Å². The molecule has 1 aliphatic heterocycles. The van der Waals surface area contributed by atoms with Crippen molar-refractivity contribution in [3.05, 3.63) is 35.4 Å². The quantitative estimate of drug-likeness (QED) is 0.622. The summed E-state index contributed by atoms with van der Waals surface area (Å²) in [6, 6.07) is 8.18. The molecule has 5 heteroatoms. The molecule has 2 atom stereocenters. The summed E-state index contributed by atoms with van der Waals surface area (Å²) in [5, 5.41) is 8.73. The van der Waals surface area contributed by atoms with Crippen LogP contribution in [0.15, 0.2) is 24.3 Å². The molecular formula is C16H14N2O3. The number of imide groups is 1. The van der Waals surface area contributed by atoms with E-state index < -0.39 is 0 Å². The normalized spacial score (nSPS) is 24.0. The Morgan fingerprint density at radius 3 is 2.24 bits per heavy atom. The number of amides is 2. The molecule has 5 nitrogen and oxygen atoms in total. The van der Waals surface area contributed by atoms with Gasteiger partial charge in [0.05, 0.1) is 30.0 Å². The van der Waals surface area contributed by atoms with Crippen LogP contribution in [0.5, 0.6) is 0 Å². The van der Waals surface area contributed by atoms with Gasteiger partial charge in [0.15, 0.2) is 5.78 Å². The van der Waals surface area contributed by atoms with E-state index in [2.05, 4.69) is 0 Å². The van der Waals surface area contributed by atoms with Crippen molar-refractivity contribution in [2.45, 2.75) is 19.3 Å². The van der Waals surface area contributed by atoms with E-state index in [0.29, 0.717) is 11.1 Å². The lowest BCUT2D eigenvalue weighted by Gasteiger charge is -2.14. The number of carbonyl (C=O) groups excluding carboxylic acids is 3. The molecule has 1 saturated heterocycles. The zero-order valence-electron chi connectivity index (χ0n) is 11.4. The summed E-state index contributed by atoms with van der Waals surface area (Å²) in [5.41, 5.74) is 0.876. The lowest BCUT2D eigenvalue weighted by molar-refractivity contribution is -0.139. The van der Waals surface area contributed by atoms with E-state index in [-0.39, 0.29) is 36.0 Å². The fourth-order valence-electron chi connectivity index (χ4n) is 3.18. The van der Waals surface area contributed by atoms with Crippen LogP contribution in [-0.2, 0) is 9.59 Å². The van der Waals surface area contributed by atoms with Gasteiger partial charge in [-0.15, -0.1) is 0 Å². The molecule has 1 aliphatic carbocycles. The number of ketones is 1. The van der Waals surface area contributed by atoms with Crippen LogP contribution in [0.25, 0.3) is 0 Å². The van der Waals surface area contributed by atoms with Crippen molar-refractivity contribution in [3.8, 4) is 6.07 Å². The number of carbonyl (C=O) groups is 3. The fraction of sp³-hybridized carbons (Fsp3) is 0.375. The van der Waals surface area contributed by atoms with Crippen LogP contribution in [0.3, 0.4) is 0 Å². The summed E-state index contributed by atoms with van der Waals surface area (Å²) < 4.78 is 0. The van der Waals surface area contributed by atoms with Gasteiger partial charge in [0.1, 0.15) is 0 Å². The summed E-state index contributed by atoms with van der Waals surface area (Å²) in [6.45, 7) is -0.198. The molecule has 0 N–H and O–H groups in total. The molecule has 1 heterocycles. The SMILES string of the molecule is N#Cc1ccc(C(=O)CN2C(=O)C3CCCC3C2=O)cc1. The van der Waals surface area contributed by atoms with Gasteiger partial charge >= 0.3 is 0 Å². The van der Waals surface area contributed by atoms with Crippen molar-refractivity contribution in [1.82, 2.24) is 4.90 Å². The Hall–Kier alpha value is -2.48. The van der Waals surface area contributed by atoms with Crippen LogP contribution in [-0.4, -0.2) is 29.0 Å². The Morgan fingerprint density at radius 2 is 1.71 bits per heavy atom. The van der Waals surface area contributed by atoms with Gasteiger partial charge in [-0.05, 0) is 25.0 Å². The van der Waals surface area contributed by atoms with E-state index in [9.17, 15) is 14.4 Å². The number of nitrogens with zero attached hydrogens (tertiary/aromatic N) is 2. The highest BCUT2D eigenvalue weighted by Gasteiger charge is 2.49. The molecule has 106 valence electrons. The van der Waals surface area contributed by atoms with Crippen LogP contribution < -0.4 is 0 Å². The van der Waals surface area contributed by atoms with Gasteiger partial charge in [-0.2, -0.15) is 5.26 Å². The predicted molar refractivity (Wildman–Crippen MR) is 73.0 cm³/mol. The minimum Gasteiger partial charge on any atom is -0.292 e. The Kier molecular flexibility index (Phi) is 3.30. The number of hydrogen-bond donors (Lipinski definition) is 0. The molecule has 0 bridgehead atoms. The molecule has 3 rings (SSSR count). The highest BCUT2D eigenvalue weighted by Crippen LogP contribution is 2.39. The van der Waals surface area contributed by atoms with Crippen LogP contribution in [0.2, 0.25) is 0 Å². The van der Waals surface area contributed by atoms with Gasteiger partial charge in [-0.3, -0.25) is 19.3 Å². The number of Topliss-reactive ketones (excluding diaryl/α,β-unsaturated/α-hetero) is 1. The molecular weight excluding hydrogens is 268 g/mol. The largest absolute Gasteiger partial charge is 0.292 e. The fourth-order valence-corrected chi connectivity index (χ4v) is 3.18. The Bertz CT molecular complexity index is 635. The van der Waals surface area contributed by atoms with E-state index in [1.165, 1.54) is 0 Å². The second kappa shape index (κ2) is 5.13. The van der Waals surface area contributed by atoms with Gasteiger partial charge in [-0.25, -0.2) is 0 Å². The Morgan fingerprint density at radius 1 is 1.14 bits per heavy atom. The third-order valence-corrected chi connectivity index (χ3v) is 4.32. The summed E-state index contributed by atoms with van der Waals surface area (Å²) in [4.78, 5) is 37.6. The first-order valence-electron chi connectivity index (χ1n) is 7.00. The molecule has 21 heavy (non-hydrogen) atoms. The molecule has 0 radical (unpaired) electrons. The molecule has 1 aromatic carbocycles. The van der Waals surface area contributed by atoms with E-state index in [1.807, 2.05) is 6.07 Å². The Labute approximate surface area is 122 Å². The molecule has 1 saturated carbocycles. The van der Waals surface area contributed by atoms with Gasteiger partial charge in [0, 0.05) is 5.56 Å². The van der Waals surface area contributed by atoms with Crippen molar-refractivity contribution in [1.29, 1.82) is 5.26 Å². The summed E-state index contributed by atoms with van der Waals surface area (Å²) in [6.07, 6.45) is 2.40. The van der Waals surface area contributed by atoms with Crippen molar-refractivity contribution < 1.29 is 14.4 Å². The first-order valence-corrected chi connectivity index (χ1v) is 7.00. The number of fused-ring (bicyclic) bond motifs is 1. The maximum atomic E-state index is 12.2. The highest BCUT2D eigenvalue weighted by molar-refractivity contribution is 6.10. The summed E-state index contributed by atoms with van der Waals surface area (Å²) in [7, 11) is 0. The van der Waals surface area contributed by atoms with Crippen LogP contribution in [0, 0.1) is 23.2 Å². The molecule has 0 spiro atoms. The Balaban J connectivity index is 1.74. The molecule has 2 unspecified atom stereocenters. The van der Waals surface area contributed by atoms with Gasteiger partial charge in [-0.1, -0.05) is 18.6 Å². The first-order chi connectivity index (χ1) is 10.1. The maximum Gasteiger partial charge on any atom is 0.233 e. The van der Waals surface area contributed by atoms with Crippen molar-refractivity contribution in [3.63, 3.8) is 0 Å². The standard InChI is InChI=1S/C16H14N2O3/c17-8-10-4-6-11(7-5-10)14(19)9-18-15(20)12-2-1-3-13(12)16(18)21/h4-7,12-13H,1-3,9H2. The minimum absolute atomic E-state index is 0.198. The number of benzene rings is 1. The average Bonchev–Trinajstić information content (AvgIpc) is 3.07. The lowest BCUT2D eigenvalue weighted by atomic mass is 10.00. The maximum absolute atomic E-state index is 12.2. The van der Waals surface area contributed by atoms with E-state index in [4.69, 9.17) is 5.26 Å². The highest BCUT2D eigenvalue weighted by atomic mass is 16.2. The summed E-state index contributed by atoms with van der Waals surface area (Å²) in [5.74, 6) is -1.12. The molecule has 0 aromatic heterocycles. The van der Waals surface area contributed by atoms with Crippen LogP contribution in [0.1, 0.15) is 35.2 Å². The second-order valence-electron chi connectivity index (χ2n) is 5.52. The molecule has 2 amide bonds. The van der Waals surface area contributed by atoms with Crippen LogP contribution >= 0.6 is 0 Å². The van der Waals surface area contributed by atoms with Gasteiger partial charge in [0.25, 0.3) is 0 Å². The second-order valence-corrected chi connectivity index (χ2v) is 5.52. The molecule has 2 aliphatic rings. The predicted octanol–water partition coefficient (Wildman–Crippen LogP) is 1.53. The number of nitriles is 1. The average molecular weight is 282 g/mol. The zero-order valence-corrected chi connectivity index (χ0v) is 11.4. The molecule has 2 fully saturated rings.